The number of oxazole rings is 1. The Bertz CT molecular complexity index is 896. The van der Waals surface area contributed by atoms with E-state index in [0.29, 0.717) is 29.7 Å². The lowest BCUT2D eigenvalue weighted by Crippen LogP contribution is -2.16. The second-order valence-corrected chi connectivity index (χ2v) is 6.11. The Kier molecular flexibility index (Phi) is 5.93. The second kappa shape index (κ2) is 8.56. The first-order valence-electron chi connectivity index (χ1n) is 8.69. The van der Waals surface area contributed by atoms with Crippen molar-refractivity contribution in [2.24, 2.45) is 0 Å². The summed E-state index contributed by atoms with van der Waals surface area (Å²) < 4.78 is 27.0. The summed E-state index contributed by atoms with van der Waals surface area (Å²) in [5.41, 5.74) is 2.60. The number of hydrogen-bond donors (Lipinski definition) is 0. The van der Waals surface area contributed by atoms with Gasteiger partial charge in [-0.1, -0.05) is 0 Å². The number of anilines is 1. The number of benzene rings is 2. The van der Waals surface area contributed by atoms with Gasteiger partial charge in [0.05, 0.1) is 40.7 Å². The fourth-order valence-electron chi connectivity index (χ4n) is 2.89. The maximum Gasteiger partial charge on any atom is 0.226 e. The van der Waals surface area contributed by atoms with Crippen LogP contribution in [-0.2, 0) is 6.54 Å². The van der Waals surface area contributed by atoms with Crippen LogP contribution in [0.15, 0.2) is 47.1 Å². The van der Waals surface area contributed by atoms with Crippen LogP contribution in [0.3, 0.4) is 0 Å². The summed E-state index contributed by atoms with van der Waals surface area (Å²) in [7, 11) is 8.37. The zero-order valence-corrected chi connectivity index (χ0v) is 16.7. The monoisotopic (exact) mass is 384 g/mol. The van der Waals surface area contributed by atoms with Gasteiger partial charge in [0, 0.05) is 18.3 Å². The predicted molar refractivity (Wildman–Crippen MR) is 107 cm³/mol. The maximum atomic E-state index is 5.69. The van der Waals surface area contributed by atoms with Crippen molar-refractivity contribution < 1.29 is 23.4 Å². The number of aromatic nitrogens is 1. The summed E-state index contributed by atoms with van der Waals surface area (Å²) >= 11 is 0. The van der Waals surface area contributed by atoms with Crippen molar-refractivity contribution in [3.63, 3.8) is 0 Å². The average Bonchev–Trinajstić information content (AvgIpc) is 3.21. The summed E-state index contributed by atoms with van der Waals surface area (Å²) in [5, 5.41) is 0. The van der Waals surface area contributed by atoms with E-state index in [4.69, 9.17) is 23.4 Å². The lowest BCUT2D eigenvalue weighted by atomic mass is 10.2. The van der Waals surface area contributed by atoms with Crippen LogP contribution in [0.4, 0.5) is 5.69 Å². The average molecular weight is 384 g/mol. The Labute approximate surface area is 164 Å². The summed E-state index contributed by atoms with van der Waals surface area (Å²) in [4.78, 5) is 6.68. The second-order valence-electron chi connectivity index (χ2n) is 6.11. The van der Waals surface area contributed by atoms with Crippen molar-refractivity contribution in [2.45, 2.75) is 6.54 Å². The molecule has 0 saturated carbocycles. The summed E-state index contributed by atoms with van der Waals surface area (Å²) in [6.07, 6.45) is 1.65. The van der Waals surface area contributed by atoms with E-state index in [1.54, 1.807) is 34.7 Å². The molecule has 0 N–H and O–H groups in total. The van der Waals surface area contributed by atoms with E-state index in [9.17, 15) is 0 Å². The van der Waals surface area contributed by atoms with Gasteiger partial charge < -0.3 is 28.3 Å². The Morgan fingerprint density at radius 1 is 0.893 bits per heavy atom. The zero-order valence-electron chi connectivity index (χ0n) is 16.7. The van der Waals surface area contributed by atoms with E-state index in [-0.39, 0.29) is 0 Å². The van der Waals surface area contributed by atoms with Gasteiger partial charge in [-0.25, -0.2) is 4.98 Å². The lowest BCUT2D eigenvalue weighted by Gasteiger charge is -2.18. The van der Waals surface area contributed by atoms with Gasteiger partial charge in [0.2, 0.25) is 11.6 Å². The number of hydrogen-bond acceptors (Lipinski definition) is 7. The zero-order chi connectivity index (χ0) is 20.1. The highest BCUT2D eigenvalue weighted by molar-refractivity contribution is 5.66. The van der Waals surface area contributed by atoms with Crippen LogP contribution in [0.5, 0.6) is 23.0 Å². The maximum absolute atomic E-state index is 5.69. The standard InChI is InChI=1S/C21H24N2O5/c1-23(16-6-8-17(24-2)9-7-16)12-15-13-28-21(22-15)14-10-18(25-3)20(27-5)19(11-14)26-4/h6-11,13H,12H2,1-5H3. The highest BCUT2D eigenvalue weighted by Crippen LogP contribution is 2.41. The highest BCUT2D eigenvalue weighted by Gasteiger charge is 2.17. The number of nitrogens with zero attached hydrogens (tertiary/aromatic N) is 2. The molecular formula is C21H24N2O5. The highest BCUT2D eigenvalue weighted by atomic mass is 16.5. The van der Waals surface area contributed by atoms with E-state index in [1.165, 1.54) is 0 Å². The van der Waals surface area contributed by atoms with Crippen LogP contribution in [-0.4, -0.2) is 40.5 Å². The number of rotatable bonds is 8. The van der Waals surface area contributed by atoms with Gasteiger partial charge in [-0.05, 0) is 36.4 Å². The van der Waals surface area contributed by atoms with E-state index < -0.39 is 0 Å². The minimum Gasteiger partial charge on any atom is -0.497 e. The van der Waals surface area contributed by atoms with Crippen LogP contribution in [0.1, 0.15) is 5.69 Å². The molecule has 7 heteroatoms. The summed E-state index contributed by atoms with van der Waals surface area (Å²) in [6, 6.07) is 11.5. The van der Waals surface area contributed by atoms with Gasteiger partial charge in [0.15, 0.2) is 11.5 Å². The lowest BCUT2D eigenvalue weighted by molar-refractivity contribution is 0.324. The molecule has 1 aromatic heterocycles. The van der Waals surface area contributed by atoms with Crippen LogP contribution in [0, 0.1) is 0 Å². The molecule has 0 amide bonds. The molecule has 0 spiro atoms. The summed E-state index contributed by atoms with van der Waals surface area (Å²) in [6.45, 7) is 0.597. The first-order valence-corrected chi connectivity index (χ1v) is 8.69. The van der Waals surface area contributed by atoms with Gasteiger partial charge in [0.25, 0.3) is 0 Å². The van der Waals surface area contributed by atoms with Gasteiger partial charge in [-0.15, -0.1) is 0 Å². The van der Waals surface area contributed by atoms with Crippen molar-refractivity contribution in [1.82, 2.24) is 4.98 Å². The van der Waals surface area contributed by atoms with Crippen molar-refractivity contribution in [3.05, 3.63) is 48.4 Å². The topological polar surface area (TPSA) is 66.2 Å². The third-order valence-electron chi connectivity index (χ3n) is 4.38. The van der Waals surface area contributed by atoms with Crippen molar-refractivity contribution in [1.29, 1.82) is 0 Å². The van der Waals surface area contributed by atoms with E-state index in [2.05, 4.69) is 9.88 Å². The van der Waals surface area contributed by atoms with Crippen molar-refractivity contribution >= 4 is 5.69 Å². The van der Waals surface area contributed by atoms with Gasteiger partial charge in [-0.2, -0.15) is 0 Å². The molecule has 3 aromatic rings. The predicted octanol–water partition coefficient (Wildman–Crippen LogP) is 4.01. The molecule has 0 atom stereocenters. The molecule has 148 valence electrons. The minimum absolute atomic E-state index is 0.484. The van der Waals surface area contributed by atoms with Gasteiger partial charge >= 0.3 is 0 Å². The fraction of sp³-hybridized carbons (Fsp3) is 0.286. The Balaban J connectivity index is 1.81. The molecule has 7 nitrogen and oxygen atoms in total. The quantitative estimate of drug-likeness (QED) is 0.581. The number of methoxy groups -OCH3 is 4. The molecule has 0 unspecified atom stereocenters. The molecule has 3 rings (SSSR count). The molecule has 0 aliphatic heterocycles. The van der Waals surface area contributed by atoms with Gasteiger partial charge in [-0.3, -0.25) is 0 Å². The van der Waals surface area contributed by atoms with Crippen molar-refractivity contribution in [3.8, 4) is 34.5 Å². The molecule has 1 heterocycles. The van der Waals surface area contributed by atoms with Crippen molar-refractivity contribution in [2.75, 3.05) is 40.4 Å². The van der Waals surface area contributed by atoms with Crippen LogP contribution < -0.4 is 23.8 Å². The first kappa shape index (κ1) is 19.4. The molecular weight excluding hydrogens is 360 g/mol. The number of ether oxygens (including phenoxy) is 4. The Hall–Kier alpha value is -3.35. The minimum atomic E-state index is 0.484. The van der Waals surface area contributed by atoms with Crippen LogP contribution >= 0.6 is 0 Å². The third kappa shape index (κ3) is 3.98. The van der Waals surface area contributed by atoms with E-state index in [0.717, 1.165) is 22.7 Å². The molecule has 0 fully saturated rings. The normalized spacial score (nSPS) is 10.5. The molecule has 28 heavy (non-hydrogen) atoms. The largest absolute Gasteiger partial charge is 0.497 e. The SMILES string of the molecule is COc1ccc(N(C)Cc2coc(-c3cc(OC)c(OC)c(OC)c3)n2)cc1. The Morgan fingerprint density at radius 3 is 2.07 bits per heavy atom. The van der Waals surface area contributed by atoms with Crippen LogP contribution in [0.25, 0.3) is 11.5 Å². The first-order chi connectivity index (χ1) is 13.6. The Morgan fingerprint density at radius 2 is 1.54 bits per heavy atom. The molecule has 0 aliphatic rings. The van der Waals surface area contributed by atoms with E-state index >= 15 is 0 Å². The van der Waals surface area contributed by atoms with Crippen LogP contribution in [0.2, 0.25) is 0 Å². The smallest absolute Gasteiger partial charge is 0.226 e. The molecule has 0 saturated heterocycles. The third-order valence-corrected chi connectivity index (χ3v) is 4.38. The fourth-order valence-corrected chi connectivity index (χ4v) is 2.89. The van der Waals surface area contributed by atoms with Gasteiger partial charge in [0.1, 0.15) is 12.0 Å². The molecule has 0 aliphatic carbocycles. The van der Waals surface area contributed by atoms with E-state index in [1.807, 2.05) is 43.4 Å². The molecule has 2 aromatic carbocycles. The molecule has 0 bridgehead atoms. The summed E-state index contributed by atoms with van der Waals surface area (Å²) in [5.74, 6) is 2.93. The molecule has 0 radical (unpaired) electrons.